The maximum Gasteiger partial charge on any atom is 0.293 e. The average Bonchev–Trinajstić information content (AvgIpc) is 3.35. The molecule has 34 heavy (non-hydrogen) atoms. The van der Waals surface area contributed by atoms with Crippen LogP contribution >= 0.6 is 0 Å². The molecular weight excluding hydrogens is 426 g/mol. The van der Waals surface area contributed by atoms with Gasteiger partial charge in [0.1, 0.15) is 0 Å². The van der Waals surface area contributed by atoms with Crippen molar-refractivity contribution in [3.63, 3.8) is 0 Å². The molecule has 1 aliphatic heterocycles. The van der Waals surface area contributed by atoms with Gasteiger partial charge in [0.2, 0.25) is 11.7 Å². The van der Waals surface area contributed by atoms with Gasteiger partial charge in [-0.15, -0.1) is 5.10 Å². The number of para-hydroxylation sites is 1. The van der Waals surface area contributed by atoms with Crippen molar-refractivity contribution in [2.24, 2.45) is 5.92 Å². The van der Waals surface area contributed by atoms with Crippen LogP contribution in [-0.4, -0.2) is 51.1 Å². The second-order valence-electron chi connectivity index (χ2n) is 8.81. The Balaban J connectivity index is 1.49. The minimum Gasteiger partial charge on any atom is -0.356 e. The summed E-state index contributed by atoms with van der Waals surface area (Å²) in [6.07, 6.45) is 6.09. The Morgan fingerprint density at radius 2 is 1.74 bits per heavy atom. The molecule has 178 valence electrons. The molecule has 0 radical (unpaired) electrons. The van der Waals surface area contributed by atoms with Crippen LogP contribution in [0.3, 0.4) is 0 Å². The van der Waals surface area contributed by atoms with E-state index in [1.165, 1.54) is 12.8 Å². The van der Waals surface area contributed by atoms with E-state index < -0.39 is 0 Å². The third kappa shape index (κ3) is 5.71. The molecule has 7 heteroatoms. The number of hydrogen-bond donors (Lipinski definition) is 1. The third-order valence-corrected chi connectivity index (χ3v) is 6.24. The number of piperidine rings is 1. The van der Waals surface area contributed by atoms with Crippen LogP contribution in [0, 0.1) is 5.92 Å². The molecule has 3 aromatic rings. The molecule has 2 heterocycles. The van der Waals surface area contributed by atoms with Crippen LogP contribution in [-0.2, 0) is 4.79 Å². The summed E-state index contributed by atoms with van der Waals surface area (Å²) in [5, 5.41) is 7.65. The van der Waals surface area contributed by atoms with Gasteiger partial charge in [0.15, 0.2) is 5.82 Å². The van der Waals surface area contributed by atoms with E-state index in [-0.39, 0.29) is 23.6 Å². The van der Waals surface area contributed by atoms with E-state index in [1.54, 1.807) is 9.58 Å². The lowest BCUT2D eigenvalue weighted by Crippen LogP contribution is -2.45. The van der Waals surface area contributed by atoms with Crippen LogP contribution in [0.2, 0.25) is 0 Å². The highest BCUT2D eigenvalue weighted by Crippen LogP contribution is 2.23. The molecule has 1 aromatic heterocycles. The summed E-state index contributed by atoms with van der Waals surface area (Å²) in [5.41, 5.74) is 1.73. The molecule has 0 aliphatic carbocycles. The lowest BCUT2D eigenvalue weighted by atomic mass is 9.97. The number of carbonyl (C=O) groups excluding carboxylic acids is 2. The highest BCUT2D eigenvalue weighted by molar-refractivity contribution is 5.91. The number of amides is 2. The first-order chi connectivity index (χ1) is 16.7. The lowest BCUT2D eigenvalue weighted by Gasteiger charge is -2.31. The molecular formula is C27H33N5O2. The van der Waals surface area contributed by atoms with E-state index in [1.807, 2.05) is 60.7 Å². The standard InChI is InChI=1S/C27H33N5O2/c1-2-3-4-11-18-28-26(33)22-15-12-19-31(20-22)27(34)24-29-25(21-13-7-5-8-14-21)32(30-24)23-16-9-6-10-17-23/h5-10,13-14,16-17,22H,2-4,11-12,15,18-20H2,1H3,(H,28,33). The fraction of sp³-hybridized carbons (Fsp3) is 0.407. The Kier molecular flexibility index (Phi) is 8.07. The molecule has 1 unspecified atom stereocenters. The van der Waals surface area contributed by atoms with Gasteiger partial charge in [-0.2, -0.15) is 0 Å². The van der Waals surface area contributed by atoms with Crippen molar-refractivity contribution in [1.82, 2.24) is 25.0 Å². The van der Waals surface area contributed by atoms with Gasteiger partial charge in [0.25, 0.3) is 5.91 Å². The van der Waals surface area contributed by atoms with Gasteiger partial charge in [-0.3, -0.25) is 9.59 Å². The summed E-state index contributed by atoms with van der Waals surface area (Å²) in [6.45, 7) is 3.89. The predicted octanol–water partition coefficient (Wildman–Crippen LogP) is 4.48. The van der Waals surface area contributed by atoms with Gasteiger partial charge < -0.3 is 10.2 Å². The van der Waals surface area contributed by atoms with Crippen LogP contribution in [0.1, 0.15) is 56.1 Å². The summed E-state index contributed by atoms with van der Waals surface area (Å²) in [4.78, 5) is 32.4. The van der Waals surface area contributed by atoms with Crippen molar-refractivity contribution in [2.75, 3.05) is 19.6 Å². The van der Waals surface area contributed by atoms with Gasteiger partial charge in [-0.1, -0.05) is 74.7 Å². The van der Waals surface area contributed by atoms with Gasteiger partial charge in [0, 0.05) is 25.2 Å². The normalized spacial score (nSPS) is 15.8. The van der Waals surface area contributed by atoms with Gasteiger partial charge in [-0.05, 0) is 31.4 Å². The molecule has 1 aliphatic rings. The summed E-state index contributed by atoms with van der Waals surface area (Å²) in [5.74, 6) is 0.402. The minimum absolute atomic E-state index is 0.0433. The molecule has 4 rings (SSSR count). The first kappa shape index (κ1) is 23.7. The van der Waals surface area contributed by atoms with Gasteiger partial charge in [-0.25, -0.2) is 9.67 Å². The van der Waals surface area contributed by atoms with Crippen molar-refractivity contribution in [3.05, 3.63) is 66.5 Å². The minimum atomic E-state index is -0.229. The molecule has 7 nitrogen and oxygen atoms in total. The zero-order valence-electron chi connectivity index (χ0n) is 19.8. The lowest BCUT2D eigenvalue weighted by molar-refractivity contribution is -0.126. The summed E-state index contributed by atoms with van der Waals surface area (Å²) < 4.78 is 1.72. The number of rotatable bonds is 9. The van der Waals surface area contributed by atoms with Crippen molar-refractivity contribution in [1.29, 1.82) is 0 Å². The van der Waals surface area contributed by atoms with Gasteiger partial charge >= 0.3 is 0 Å². The van der Waals surface area contributed by atoms with Crippen molar-refractivity contribution >= 4 is 11.8 Å². The number of likely N-dealkylation sites (tertiary alicyclic amines) is 1. The van der Waals surface area contributed by atoms with Crippen molar-refractivity contribution in [3.8, 4) is 17.1 Å². The number of carbonyl (C=O) groups is 2. The average molecular weight is 460 g/mol. The van der Waals surface area contributed by atoms with Crippen LogP contribution in [0.5, 0.6) is 0 Å². The van der Waals surface area contributed by atoms with Gasteiger partial charge in [0.05, 0.1) is 11.6 Å². The summed E-state index contributed by atoms with van der Waals surface area (Å²) in [6, 6.07) is 19.4. The molecule has 2 amide bonds. The Bertz CT molecular complexity index is 1020. The molecule has 0 bridgehead atoms. The number of aromatic nitrogens is 3. The largest absolute Gasteiger partial charge is 0.356 e. The topological polar surface area (TPSA) is 80.1 Å². The van der Waals surface area contributed by atoms with E-state index in [0.29, 0.717) is 25.5 Å². The first-order valence-electron chi connectivity index (χ1n) is 12.3. The Hall–Kier alpha value is -3.48. The van der Waals surface area contributed by atoms with E-state index in [9.17, 15) is 9.59 Å². The van der Waals surface area contributed by atoms with Crippen molar-refractivity contribution < 1.29 is 9.59 Å². The van der Waals surface area contributed by atoms with E-state index in [4.69, 9.17) is 0 Å². The summed E-state index contributed by atoms with van der Waals surface area (Å²) >= 11 is 0. The SMILES string of the molecule is CCCCCCNC(=O)C1CCCN(C(=O)c2nc(-c3ccccc3)n(-c3ccccc3)n2)C1. The van der Waals surface area contributed by atoms with E-state index in [2.05, 4.69) is 22.3 Å². The quantitative estimate of drug-likeness (QED) is 0.479. The second kappa shape index (κ2) is 11.6. The van der Waals surface area contributed by atoms with Crippen LogP contribution in [0.15, 0.2) is 60.7 Å². The zero-order chi connectivity index (χ0) is 23.8. The molecule has 0 spiro atoms. The van der Waals surface area contributed by atoms with Crippen LogP contribution in [0.25, 0.3) is 17.1 Å². The first-order valence-corrected chi connectivity index (χ1v) is 12.3. The number of nitrogens with one attached hydrogen (secondary N) is 1. The highest BCUT2D eigenvalue weighted by Gasteiger charge is 2.31. The number of nitrogens with zero attached hydrogens (tertiary/aromatic N) is 4. The maximum absolute atomic E-state index is 13.4. The molecule has 2 aromatic carbocycles. The van der Waals surface area contributed by atoms with Crippen LogP contribution < -0.4 is 5.32 Å². The number of unbranched alkanes of at least 4 members (excludes halogenated alkanes) is 3. The molecule has 1 saturated heterocycles. The predicted molar refractivity (Wildman–Crippen MR) is 133 cm³/mol. The second-order valence-corrected chi connectivity index (χ2v) is 8.81. The fourth-order valence-corrected chi connectivity index (χ4v) is 4.35. The Labute approximate surface area is 201 Å². The fourth-order valence-electron chi connectivity index (χ4n) is 4.35. The molecule has 0 saturated carbocycles. The Morgan fingerprint density at radius 1 is 1.00 bits per heavy atom. The van der Waals surface area contributed by atoms with Crippen LogP contribution in [0.4, 0.5) is 0 Å². The summed E-state index contributed by atoms with van der Waals surface area (Å²) in [7, 11) is 0. The third-order valence-electron chi connectivity index (χ3n) is 6.24. The smallest absolute Gasteiger partial charge is 0.293 e. The monoisotopic (exact) mass is 459 g/mol. The molecule has 1 N–H and O–H groups in total. The van der Waals surface area contributed by atoms with Crippen molar-refractivity contribution in [2.45, 2.75) is 45.4 Å². The maximum atomic E-state index is 13.4. The Morgan fingerprint density at radius 3 is 2.47 bits per heavy atom. The highest BCUT2D eigenvalue weighted by atomic mass is 16.2. The number of hydrogen-bond acceptors (Lipinski definition) is 4. The molecule has 1 fully saturated rings. The van der Waals surface area contributed by atoms with E-state index >= 15 is 0 Å². The number of benzene rings is 2. The zero-order valence-corrected chi connectivity index (χ0v) is 19.8. The van der Waals surface area contributed by atoms with E-state index in [0.717, 1.165) is 36.9 Å². The molecule has 1 atom stereocenters.